The van der Waals surface area contributed by atoms with Gasteiger partial charge in [-0.05, 0) is 20.3 Å². The van der Waals surface area contributed by atoms with Crippen molar-refractivity contribution in [3.63, 3.8) is 0 Å². The summed E-state index contributed by atoms with van der Waals surface area (Å²) in [6, 6.07) is -0.333. The Bertz CT molecular complexity index is 140. The molecule has 12 heavy (non-hydrogen) atoms. The number of aliphatic hydroxyl groups excluding tert-OH is 1. The van der Waals surface area contributed by atoms with Crippen LogP contribution in [0.1, 0.15) is 20.3 Å². The Kier molecular flexibility index (Phi) is 3.56. The maximum Gasteiger partial charge on any atom is 0.109 e. The van der Waals surface area contributed by atoms with Gasteiger partial charge in [0.1, 0.15) is 14.0 Å². The monoisotopic (exact) mass is 170 g/mol. The van der Waals surface area contributed by atoms with Crippen molar-refractivity contribution in [1.29, 1.82) is 0 Å². The highest BCUT2D eigenvalue weighted by atomic mass is 16.6. The quantitative estimate of drug-likeness (QED) is 0.608. The van der Waals surface area contributed by atoms with Crippen LogP contribution >= 0.6 is 0 Å². The third-order valence-corrected chi connectivity index (χ3v) is 1.85. The molecule has 1 aliphatic rings. The first-order chi connectivity index (χ1) is 5.59. The topological polar surface area (TPSA) is 38.7 Å². The molecule has 1 fully saturated rings. The Hall–Kier alpha value is -0.0551. The fraction of sp³-hybridized carbons (Fsp3) is 1.00. The molecule has 1 heterocycles. The van der Waals surface area contributed by atoms with Crippen molar-refractivity contribution in [2.24, 2.45) is 0 Å². The van der Waals surface area contributed by atoms with Crippen molar-refractivity contribution < 1.29 is 14.6 Å². The van der Waals surface area contributed by atoms with Crippen LogP contribution in [0.3, 0.4) is 0 Å². The first kappa shape index (κ1) is 10.0. The number of hydrogen-bond donors (Lipinski definition) is 1. The summed E-state index contributed by atoms with van der Waals surface area (Å²) in [5.41, 5.74) is 0. The van der Waals surface area contributed by atoms with E-state index in [1.165, 1.54) is 0 Å². The summed E-state index contributed by atoms with van der Waals surface area (Å²) >= 11 is 0. The van der Waals surface area contributed by atoms with E-state index in [0.29, 0.717) is 13.0 Å². The number of rotatable bonds is 3. The zero-order valence-electron chi connectivity index (χ0n) is 7.56. The standard InChI is InChI=1S/C8H15BO3/c1-5(2)11-4-7-6(10)3-8(9)12-7/h5-8,10H,3-4H2,1-2H3/t6?,7-,8-/m1/s1. The molecule has 2 radical (unpaired) electrons. The second-order valence-electron chi connectivity index (χ2n) is 3.40. The van der Waals surface area contributed by atoms with Gasteiger partial charge in [0.2, 0.25) is 0 Å². The maximum atomic E-state index is 9.39. The van der Waals surface area contributed by atoms with Crippen LogP contribution in [0.5, 0.6) is 0 Å². The summed E-state index contributed by atoms with van der Waals surface area (Å²) in [5, 5.41) is 9.39. The average Bonchev–Trinajstić information content (AvgIpc) is 2.26. The van der Waals surface area contributed by atoms with Crippen molar-refractivity contribution in [3.8, 4) is 0 Å². The van der Waals surface area contributed by atoms with E-state index in [2.05, 4.69) is 0 Å². The van der Waals surface area contributed by atoms with Gasteiger partial charge < -0.3 is 14.6 Å². The number of ether oxygens (including phenoxy) is 2. The predicted octanol–water partition coefficient (Wildman–Crippen LogP) is 0.0558. The Morgan fingerprint density at radius 3 is 2.75 bits per heavy atom. The summed E-state index contributed by atoms with van der Waals surface area (Å²) < 4.78 is 10.5. The summed E-state index contributed by atoms with van der Waals surface area (Å²) in [6.45, 7) is 4.31. The highest BCUT2D eigenvalue weighted by Gasteiger charge is 2.30. The van der Waals surface area contributed by atoms with Gasteiger partial charge in [0.05, 0.1) is 18.8 Å². The molecule has 1 aliphatic heterocycles. The van der Waals surface area contributed by atoms with E-state index in [0.717, 1.165) is 0 Å². The van der Waals surface area contributed by atoms with Gasteiger partial charge in [-0.2, -0.15) is 0 Å². The van der Waals surface area contributed by atoms with Crippen molar-refractivity contribution in [2.45, 2.75) is 44.6 Å². The zero-order valence-corrected chi connectivity index (χ0v) is 7.56. The minimum Gasteiger partial charge on any atom is -0.390 e. The van der Waals surface area contributed by atoms with Crippen LogP contribution in [0.25, 0.3) is 0 Å². The summed E-state index contributed by atoms with van der Waals surface area (Å²) in [5.74, 6) is 0. The van der Waals surface area contributed by atoms with Crippen molar-refractivity contribution >= 4 is 7.85 Å². The van der Waals surface area contributed by atoms with E-state index < -0.39 is 6.10 Å². The lowest BCUT2D eigenvalue weighted by Crippen LogP contribution is -2.28. The molecule has 0 aromatic rings. The third kappa shape index (κ3) is 2.77. The first-order valence-electron chi connectivity index (χ1n) is 4.30. The molecule has 0 aromatic heterocycles. The van der Waals surface area contributed by atoms with Crippen LogP contribution in [0.4, 0.5) is 0 Å². The minimum absolute atomic E-state index is 0.164. The molecular formula is C8H15BO3. The molecule has 1 rings (SSSR count). The molecule has 1 unspecified atom stereocenters. The smallest absolute Gasteiger partial charge is 0.109 e. The highest BCUT2D eigenvalue weighted by Crippen LogP contribution is 2.18. The van der Waals surface area contributed by atoms with Gasteiger partial charge in [0, 0.05) is 6.00 Å². The molecule has 3 atom stereocenters. The van der Waals surface area contributed by atoms with Gasteiger partial charge in [-0.1, -0.05) is 0 Å². The van der Waals surface area contributed by atoms with E-state index in [4.69, 9.17) is 17.3 Å². The highest BCUT2D eigenvalue weighted by molar-refractivity contribution is 6.11. The minimum atomic E-state index is -0.473. The Morgan fingerprint density at radius 2 is 2.33 bits per heavy atom. The second-order valence-corrected chi connectivity index (χ2v) is 3.40. The molecule has 0 aromatic carbocycles. The molecule has 0 bridgehead atoms. The zero-order chi connectivity index (χ0) is 9.14. The van der Waals surface area contributed by atoms with Crippen LogP contribution in [0.15, 0.2) is 0 Å². The van der Waals surface area contributed by atoms with Crippen LogP contribution in [-0.4, -0.2) is 43.9 Å². The lowest BCUT2D eigenvalue weighted by atomic mass is 9.96. The molecule has 0 saturated carbocycles. The van der Waals surface area contributed by atoms with Crippen molar-refractivity contribution in [2.75, 3.05) is 6.61 Å². The normalized spacial score (nSPS) is 36.2. The second kappa shape index (κ2) is 4.26. The molecular weight excluding hydrogens is 155 g/mol. The van der Waals surface area contributed by atoms with E-state index in [9.17, 15) is 5.11 Å². The van der Waals surface area contributed by atoms with Gasteiger partial charge in [0.25, 0.3) is 0 Å². The fourth-order valence-electron chi connectivity index (χ4n) is 1.20. The number of hydrogen-bond acceptors (Lipinski definition) is 3. The fourth-order valence-corrected chi connectivity index (χ4v) is 1.20. The molecule has 3 nitrogen and oxygen atoms in total. The van der Waals surface area contributed by atoms with Gasteiger partial charge in [-0.15, -0.1) is 0 Å². The van der Waals surface area contributed by atoms with Crippen LogP contribution in [0.2, 0.25) is 0 Å². The van der Waals surface area contributed by atoms with E-state index in [-0.39, 0.29) is 18.2 Å². The van der Waals surface area contributed by atoms with Gasteiger partial charge in [-0.25, -0.2) is 0 Å². The van der Waals surface area contributed by atoms with E-state index in [1.54, 1.807) is 0 Å². The van der Waals surface area contributed by atoms with Crippen LogP contribution in [-0.2, 0) is 9.47 Å². The summed E-state index contributed by atoms with van der Waals surface area (Å²) in [7, 11) is 5.48. The lowest BCUT2D eigenvalue weighted by Gasteiger charge is -2.16. The van der Waals surface area contributed by atoms with Gasteiger partial charge in [0.15, 0.2) is 0 Å². The number of aliphatic hydroxyl groups is 1. The van der Waals surface area contributed by atoms with E-state index >= 15 is 0 Å². The maximum absolute atomic E-state index is 9.39. The Morgan fingerprint density at radius 1 is 1.67 bits per heavy atom. The molecule has 0 amide bonds. The summed E-state index contributed by atoms with van der Waals surface area (Å²) in [6.07, 6.45) is -0.0506. The molecule has 1 N–H and O–H groups in total. The first-order valence-corrected chi connectivity index (χ1v) is 4.30. The molecule has 0 aliphatic carbocycles. The van der Waals surface area contributed by atoms with Crippen molar-refractivity contribution in [1.82, 2.24) is 0 Å². The predicted molar refractivity (Wildman–Crippen MR) is 46.1 cm³/mol. The van der Waals surface area contributed by atoms with Crippen LogP contribution in [0, 0.1) is 0 Å². The molecule has 0 spiro atoms. The van der Waals surface area contributed by atoms with Crippen LogP contribution < -0.4 is 0 Å². The van der Waals surface area contributed by atoms with Gasteiger partial charge >= 0.3 is 0 Å². The largest absolute Gasteiger partial charge is 0.390 e. The Labute approximate surface area is 74.5 Å². The average molecular weight is 170 g/mol. The lowest BCUT2D eigenvalue weighted by molar-refractivity contribution is -0.0467. The third-order valence-electron chi connectivity index (χ3n) is 1.85. The van der Waals surface area contributed by atoms with E-state index in [1.807, 2.05) is 13.8 Å². The Balaban J connectivity index is 2.23. The molecule has 4 heteroatoms. The summed E-state index contributed by atoms with van der Waals surface area (Å²) in [4.78, 5) is 0. The molecule has 68 valence electrons. The SMILES string of the molecule is [B][C@H]1CC(O)[C@@H](COC(C)C)O1. The molecule has 1 saturated heterocycles. The van der Waals surface area contributed by atoms with Gasteiger partial charge in [-0.3, -0.25) is 0 Å². The van der Waals surface area contributed by atoms with Crippen molar-refractivity contribution in [3.05, 3.63) is 0 Å².